The van der Waals surface area contributed by atoms with Crippen molar-refractivity contribution in [2.24, 2.45) is 0 Å². The van der Waals surface area contributed by atoms with Gasteiger partial charge in [-0.3, -0.25) is 0 Å². The van der Waals surface area contributed by atoms with Gasteiger partial charge in [-0.05, 0) is 19.1 Å². The van der Waals surface area contributed by atoms with E-state index in [9.17, 15) is 5.11 Å². The molecule has 1 aromatic carbocycles. The average Bonchev–Trinajstić information content (AvgIpc) is 2.60. The predicted molar refractivity (Wildman–Crippen MR) is 54.3 cm³/mol. The van der Waals surface area contributed by atoms with E-state index in [4.69, 9.17) is 9.52 Å². The maximum Gasteiger partial charge on any atom is 0.220 e. The summed E-state index contributed by atoms with van der Waals surface area (Å²) < 4.78 is 5.22. The fraction of sp³-hybridized carbons (Fsp3) is 0.182. The van der Waals surface area contributed by atoms with Crippen LogP contribution in [0.5, 0.6) is 5.75 Å². The molecule has 2 rings (SSSR count). The van der Waals surface area contributed by atoms with Crippen LogP contribution in [0.25, 0.3) is 11.3 Å². The number of phenols is 1. The molecule has 2 aromatic rings. The number of aromatic nitrogens is 1. The Morgan fingerprint density at radius 3 is 2.80 bits per heavy atom. The van der Waals surface area contributed by atoms with Gasteiger partial charge in [0.05, 0.1) is 0 Å². The summed E-state index contributed by atoms with van der Waals surface area (Å²) in [6.07, 6.45) is 0. The van der Waals surface area contributed by atoms with Gasteiger partial charge < -0.3 is 14.6 Å². The lowest BCUT2D eigenvalue weighted by Gasteiger charge is -1.97. The molecule has 78 valence electrons. The van der Waals surface area contributed by atoms with Gasteiger partial charge in [-0.2, -0.15) is 0 Å². The van der Waals surface area contributed by atoms with E-state index in [1.54, 1.807) is 25.1 Å². The molecule has 0 fully saturated rings. The molecule has 0 radical (unpaired) electrons. The molecule has 0 atom stereocenters. The first-order valence-electron chi connectivity index (χ1n) is 4.57. The minimum absolute atomic E-state index is 0.181. The highest BCUT2D eigenvalue weighted by atomic mass is 16.4. The van der Waals surface area contributed by atoms with Crippen molar-refractivity contribution in [2.75, 3.05) is 0 Å². The Morgan fingerprint density at radius 2 is 2.20 bits per heavy atom. The first-order chi connectivity index (χ1) is 7.20. The van der Waals surface area contributed by atoms with Gasteiger partial charge >= 0.3 is 0 Å². The van der Waals surface area contributed by atoms with E-state index >= 15 is 0 Å². The average molecular weight is 205 g/mol. The van der Waals surface area contributed by atoms with Crippen LogP contribution in [0.2, 0.25) is 0 Å². The van der Waals surface area contributed by atoms with E-state index in [-0.39, 0.29) is 18.2 Å². The van der Waals surface area contributed by atoms with Crippen molar-refractivity contribution < 1.29 is 14.6 Å². The second-order valence-corrected chi connectivity index (χ2v) is 3.22. The van der Waals surface area contributed by atoms with E-state index in [2.05, 4.69) is 4.98 Å². The molecule has 0 saturated carbocycles. The Hall–Kier alpha value is -1.81. The van der Waals surface area contributed by atoms with Crippen LogP contribution in [0.4, 0.5) is 0 Å². The van der Waals surface area contributed by atoms with E-state index in [1.807, 2.05) is 6.07 Å². The Bertz CT molecular complexity index is 476. The van der Waals surface area contributed by atoms with Gasteiger partial charge in [-0.15, -0.1) is 0 Å². The molecule has 0 aliphatic heterocycles. The lowest BCUT2D eigenvalue weighted by atomic mass is 10.1. The van der Waals surface area contributed by atoms with Gasteiger partial charge in [0.2, 0.25) is 5.89 Å². The van der Waals surface area contributed by atoms with Crippen molar-refractivity contribution in [1.29, 1.82) is 0 Å². The van der Waals surface area contributed by atoms with Gasteiger partial charge in [0.25, 0.3) is 0 Å². The third-order valence-corrected chi connectivity index (χ3v) is 2.10. The standard InChI is InChI=1S/C11H11NO3/c1-7-11(12-10(6-13)15-7)8-3-2-4-9(14)5-8/h2-5,13-14H,6H2,1H3. The van der Waals surface area contributed by atoms with Crippen LogP contribution >= 0.6 is 0 Å². The van der Waals surface area contributed by atoms with Crippen molar-refractivity contribution in [3.63, 3.8) is 0 Å². The van der Waals surface area contributed by atoms with Crippen LogP contribution in [0.3, 0.4) is 0 Å². The highest BCUT2D eigenvalue weighted by Crippen LogP contribution is 2.25. The summed E-state index contributed by atoms with van der Waals surface area (Å²) in [6, 6.07) is 6.75. The summed E-state index contributed by atoms with van der Waals surface area (Å²) in [5.74, 6) is 1.09. The maximum atomic E-state index is 9.32. The van der Waals surface area contributed by atoms with Crippen molar-refractivity contribution in [2.45, 2.75) is 13.5 Å². The zero-order valence-electron chi connectivity index (χ0n) is 8.27. The number of aryl methyl sites for hydroxylation is 1. The van der Waals surface area contributed by atoms with Gasteiger partial charge in [-0.1, -0.05) is 12.1 Å². The number of hydrogen-bond donors (Lipinski definition) is 2. The lowest BCUT2D eigenvalue weighted by Crippen LogP contribution is -1.83. The van der Waals surface area contributed by atoms with Gasteiger partial charge in [-0.25, -0.2) is 4.98 Å². The van der Waals surface area contributed by atoms with Crippen molar-refractivity contribution in [1.82, 2.24) is 4.98 Å². The van der Waals surface area contributed by atoms with Crippen LogP contribution in [0, 0.1) is 6.92 Å². The third-order valence-electron chi connectivity index (χ3n) is 2.10. The number of benzene rings is 1. The number of aliphatic hydroxyl groups is 1. The Balaban J connectivity index is 2.48. The minimum atomic E-state index is -0.223. The molecule has 0 saturated heterocycles. The molecule has 0 aliphatic carbocycles. The van der Waals surface area contributed by atoms with Gasteiger partial charge in [0.15, 0.2) is 0 Å². The smallest absolute Gasteiger partial charge is 0.220 e. The number of nitrogens with zero attached hydrogens (tertiary/aromatic N) is 1. The van der Waals surface area contributed by atoms with Crippen molar-refractivity contribution in [3.05, 3.63) is 35.9 Å². The zero-order valence-corrected chi connectivity index (χ0v) is 8.27. The molecular weight excluding hydrogens is 194 g/mol. The number of aliphatic hydroxyl groups excluding tert-OH is 1. The molecule has 4 heteroatoms. The first kappa shape index (κ1) is 9.73. The van der Waals surface area contributed by atoms with Crippen molar-refractivity contribution in [3.8, 4) is 17.0 Å². The molecule has 0 spiro atoms. The summed E-state index contributed by atoms with van der Waals surface area (Å²) in [7, 11) is 0. The SMILES string of the molecule is Cc1oc(CO)nc1-c1cccc(O)c1. The lowest BCUT2D eigenvalue weighted by molar-refractivity contribution is 0.238. The summed E-state index contributed by atoms with van der Waals surface area (Å²) in [4.78, 5) is 4.11. The number of oxazole rings is 1. The molecule has 0 amide bonds. The normalized spacial score (nSPS) is 10.5. The number of phenolic OH excluding ortho intramolecular Hbond substituents is 1. The largest absolute Gasteiger partial charge is 0.508 e. The van der Waals surface area contributed by atoms with E-state index in [0.717, 1.165) is 5.56 Å². The van der Waals surface area contributed by atoms with E-state index in [0.29, 0.717) is 11.5 Å². The minimum Gasteiger partial charge on any atom is -0.508 e. The fourth-order valence-electron chi connectivity index (χ4n) is 1.44. The highest BCUT2D eigenvalue weighted by molar-refractivity contribution is 5.62. The highest BCUT2D eigenvalue weighted by Gasteiger charge is 2.10. The molecule has 15 heavy (non-hydrogen) atoms. The second kappa shape index (κ2) is 3.74. The summed E-state index contributed by atoms with van der Waals surface area (Å²) in [5, 5.41) is 18.2. The van der Waals surface area contributed by atoms with Crippen LogP contribution < -0.4 is 0 Å². The molecule has 0 bridgehead atoms. The van der Waals surface area contributed by atoms with Crippen LogP contribution in [0.1, 0.15) is 11.7 Å². The van der Waals surface area contributed by atoms with Crippen LogP contribution in [-0.4, -0.2) is 15.2 Å². The number of hydrogen-bond acceptors (Lipinski definition) is 4. The molecule has 1 aromatic heterocycles. The van der Waals surface area contributed by atoms with Crippen LogP contribution in [-0.2, 0) is 6.61 Å². The topological polar surface area (TPSA) is 66.5 Å². The quantitative estimate of drug-likeness (QED) is 0.785. The first-order valence-corrected chi connectivity index (χ1v) is 4.57. The van der Waals surface area contributed by atoms with E-state index < -0.39 is 0 Å². The van der Waals surface area contributed by atoms with Crippen LogP contribution in [0.15, 0.2) is 28.7 Å². The summed E-state index contributed by atoms with van der Waals surface area (Å²) in [5.41, 5.74) is 1.42. The third kappa shape index (κ3) is 1.85. The molecule has 2 N–H and O–H groups in total. The summed E-state index contributed by atoms with van der Waals surface area (Å²) >= 11 is 0. The Labute approximate surface area is 86.8 Å². The molecule has 0 unspecified atom stereocenters. The molecular formula is C11H11NO3. The predicted octanol–water partition coefficient (Wildman–Crippen LogP) is 1.85. The second-order valence-electron chi connectivity index (χ2n) is 3.22. The fourth-order valence-corrected chi connectivity index (χ4v) is 1.44. The van der Waals surface area contributed by atoms with Gasteiger partial charge in [0, 0.05) is 5.56 Å². The molecule has 0 aliphatic rings. The summed E-state index contributed by atoms with van der Waals surface area (Å²) in [6.45, 7) is 1.55. The monoisotopic (exact) mass is 205 g/mol. The zero-order chi connectivity index (χ0) is 10.8. The number of rotatable bonds is 2. The molecule has 4 nitrogen and oxygen atoms in total. The Kier molecular flexibility index (Phi) is 2.43. The number of aromatic hydroxyl groups is 1. The maximum absolute atomic E-state index is 9.32. The van der Waals surface area contributed by atoms with Crippen molar-refractivity contribution >= 4 is 0 Å². The van der Waals surface area contributed by atoms with E-state index in [1.165, 1.54) is 0 Å². The van der Waals surface area contributed by atoms with Gasteiger partial charge in [0.1, 0.15) is 23.8 Å². The molecule has 1 heterocycles. The Morgan fingerprint density at radius 1 is 1.40 bits per heavy atom.